The maximum Gasteiger partial charge on any atom is 0.270 e. The molecular formula is C18H15FN4O3. The summed E-state index contributed by atoms with van der Waals surface area (Å²) in [5, 5.41) is 15.6. The molecule has 0 aliphatic carbocycles. The minimum atomic E-state index is -1.15. The van der Waals surface area contributed by atoms with Gasteiger partial charge in [-0.1, -0.05) is 18.2 Å². The second kappa shape index (κ2) is 7.58. The van der Waals surface area contributed by atoms with Crippen LogP contribution in [0.25, 0.3) is 5.69 Å². The third-order valence-corrected chi connectivity index (χ3v) is 3.73. The normalized spacial score (nSPS) is 11.6. The van der Waals surface area contributed by atoms with Gasteiger partial charge in [-0.25, -0.2) is 14.6 Å². The first-order valence-electron chi connectivity index (χ1n) is 7.69. The molecule has 0 fully saturated rings. The molecule has 1 unspecified atom stereocenters. The number of benzene rings is 2. The van der Waals surface area contributed by atoms with E-state index in [0.717, 1.165) is 11.8 Å². The van der Waals surface area contributed by atoms with Gasteiger partial charge >= 0.3 is 0 Å². The van der Waals surface area contributed by atoms with E-state index in [1.165, 1.54) is 23.7 Å². The van der Waals surface area contributed by atoms with Crippen LogP contribution in [0.1, 0.15) is 22.0 Å². The second-order valence-corrected chi connectivity index (χ2v) is 5.44. The molecule has 132 valence electrons. The van der Waals surface area contributed by atoms with Gasteiger partial charge in [-0.3, -0.25) is 14.8 Å². The van der Waals surface area contributed by atoms with E-state index in [1.54, 1.807) is 47.4 Å². The summed E-state index contributed by atoms with van der Waals surface area (Å²) in [5.74, 6) is -2.03. The minimum absolute atomic E-state index is 0.0638. The zero-order valence-corrected chi connectivity index (χ0v) is 13.5. The molecule has 0 aliphatic rings. The number of hydrogen-bond acceptors (Lipinski definition) is 4. The van der Waals surface area contributed by atoms with Crippen LogP contribution < -0.4 is 10.8 Å². The Balaban J connectivity index is 1.84. The largest absolute Gasteiger partial charge is 0.336 e. The first kappa shape index (κ1) is 17.3. The summed E-state index contributed by atoms with van der Waals surface area (Å²) in [6.07, 6.45) is 3.40. The van der Waals surface area contributed by atoms with E-state index in [2.05, 4.69) is 10.4 Å². The van der Waals surface area contributed by atoms with Crippen molar-refractivity contribution in [3.8, 4) is 5.69 Å². The molecule has 0 spiro atoms. The molecule has 0 saturated heterocycles. The van der Waals surface area contributed by atoms with Crippen molar-refractivity contribution in [3.05, 3.63) is 83.9 Å². The van der Waals surface area contributed by atoms with E-state index in [4.69, 9.17) is 5.21 Å². The molecule has 3 rings (SSSR count). The van der Waals surface area contributed by atoms with E-state index in [-0.39, 0.29) is 5.56 Å². The van der Waals surface area contributed by atoms with Gasteiger partial charge in [0.1, 0.15) is 11.9 Å². The van der Waals surface area contributed by atoms with Crippen LogP contribution in [0.5, 0.6) is 0 Å². The quantitative estimate of drug-likeness (QED) is 0.482. The van der Waals surface area contributed by atoms with E-state index in [0.29, 0.717) is 5.56 Å². The van der Waals surface area contributed by atoms with E-state index in [1.807, 2.05) is 0 Å². The van der Waals surface area contributed by atoms with Gasteiger partial charge in [0, 0.05) is 18.0 Å². The lowest BCUT2D eigenvalue weighted by Crippen LogP contribution is -2.39. The number of carbonyl (C=O) groups excluding carboxylic acids is 2. The summed E-state index contributed by atoms with van der Waals surface area (Å²) in [4.78, 5) is 24.3. The van der Waals surface area contributed by atoms with Crippen LogP contribution in [-0.2, 0) is 4.79 Å². The summed E-state index contributed by atoms with van der Waals surface area (Å²) >= 11 is 0. The smallest absolute Gasteiger partial charge is 0.270 e. The van der Waals surface area contributed by atoms with Crippen molar-refractivity contribution >= 4 is 11.8 Å². The summed E-state index contributed by atoms with van der Waals surface area (Å²) in [6, 6.07) is 12.4. The molecule has 2 aromatic carbocycles. The Labute approximate surface area is 148 Å². The summed E-state index contributed by atoms with van der Waals surface area (Å²) < 4.78 is 14.9. The van der Waals surface area contributed by atoms with Gasteiger partial charge in [-0.2, -0.15) is 5.10 Å². The topological polar surface area (TPSA) is 96.3 Å². The van der Waals surface area contributed by atoms with Crippen LogP contribution in [0.15, 0.2) is 67.0 Å². The lowest BCUT2D eigenvalue weighted by molar-refractivity contribution is -0.131. The van der Waals surface area contributed by atoms with Crippen molar-refractivity contribution in [1.82, 2.24) is 20.6 Å². The Kier molecular flexibility index (Phi) is 5.04. The molecule has 1 atom stereocenters. The molecule has 3 aromatic rings. The number of hydrogen-bond donors (Lipinski definition) is 3. The third kappa shape index (κ3) is 3.76. The van der Waals surface area contributed by atoms with Crippen molar-refractivity contribution < 1.29 is 19.2 Å². The van der Waals surface area contributed by atoms with Crippen LogP contribution in [-0.4, -0.2) is 26.8 Å². The van der Waals surface area contributed by atoms with Gasteiger partial charge in [0.2, 0.25) is 0 Å². The molecule has 1 aromatic heterocycles. The Morgan fingerprint density at radius 2 is 1.88 bits per heavy atom. The van der Waals surface area contributed by atoms with Gasteiger partial charge in [0.05, 0.1) is 5.69 Å². The monoisotopic (exact) mass is 354 g/mol. The highest BCUT2D eigenvalue weighted by molar-refractivity contribution is 5.97. The predicted molar refractivity (Wildman–Crippen MR) is 90.1 cm³/mol. The van der Waals surface area contributed by atoms with E-state index < -0.39 is 23.7 Å². The second-order valence-electron chi connectivity index (χ2n) is 5.44. The zero-order valence-electron chi connectivity index (χ0n) is 13.5. The Bertz CT molecular complexity index is 910. The third-order valence-electron chi connectivity index (χ3n) is 3.73. The summed E-state index contributed by atoms with van der Waals surface area (Å²) in [7, 11) is 0. The molecular weight excluding hydrogens is 339 g/mol. The number of amides is 2. The van der Waals surface area contributed by atoms with Crippen molar-refractivity contribution in [2.24, 2.45) is 0 Å². The maximum absolute atomic E-state index is 13.3. The first-order chi connectivity index (χ1) is 12.6. The van der Waals surface area contributed by atoms with Crippen molar-refractivity contribution in [2.75, 3.05) is 0 Å². The Morgan fingerprint density at radius 3 is 2.50 bits per heavy atom. The molecule has 0 radical (unpaired) electrons. The number of nitrogens with zero attached hydrogens (tertiary/aromatic N) is 2. The molecule has 26 heavy (non-hydrogen) atoms. The number of aromatic nitrogens is 2. The highest BCUT2D eigenvalue weighted by Crippen LogP contribution is 2.17. The number of nitrogens with one attached hydrogen (secondary N) is 2. The Morgan fingerprint density at radius 1 is 1.12 bits per heavy atom. The van der Waals surface area contributed by atoms with Crippen molar-refractivity contribution in [1.29, 1.82) is 0 Å². The SMILES string of the molecule is O=C(NC(C(=O)NO)c1ccc(-n2cccn2)cc1)c1cccc(F)c1. The standard InChI is InChI=1S/C18H15FN4O3/c19-14-4-1-3-13(11-14)17(24)21-16(18(25)22-26)12-5-7-15(8-6-12)23-10-2-9-20-23/h1-11,16,26H,(H,21,24)(H,22,25). The van der Waals surface area contributed by atoms with E-state index in [9.17, 15) is 14.0 Å². The molecule has 2 amide bonds. The summed E-state index contributed by atoms with van der Waals surface area (Å²) in [6.45, 7) is 0. The molecule has 0 bridgehead atoms. The lowest BCUT2D eigenvalue weighted by atomic mass is 10.0. The van der Waals surface area contributed by atoms with Crippen molar-refractivity contribution in [3.63, 3.8) is 0 Å². The average Bonchev–Trinajstić information content (AvgIpc) is 3.20. The van der Waals surface area contributed by atoms with Crippen molar-refractivity contribution in [2.45, 2.75) is 6.04 Å². The number of carbonyl (C=O) groups is 2. The molecule has 3 N–H and O–H groups in total. The molecule has 8 heteroatoms. The molecule has 0 aliphatic heterocycles. The van der Waals surface area contributed by atoms with Gasteiger partial charge in [-0.05, 0) is 42.0 Å². The number of hydroxylamine groups is 1. The molecule has 1 heterocycles. The summed E-state index contributed by atoms with van der Waals surface area (Å²) in [5.41, 5.74) is 2.80. The average molecular weight is 354 g/mol. The van der Waals surface area contributed by atoms with Crippen LogP contribution in [0.2, 0.25) is 0 Å². The lowest BCUT2D eigenvalue weighted by Gasteiger charge is -2.17. The van der Waals surface area contributed by atoms with Gasteiger partial charge in [-0.15, -0.1) is 0 Å². The fourth-order valence-electron chi connectivity index (χ4n) is 2.45. The van der Waals surface area contributed by atoms with Gasteiger partial charge in [0.25, 0.3) is 11.8 Å². The molecule has 0 saturated carbocycles. The molecule has 7 nitrogen and oxygen atoms in total. The van der Waals surface area contributed by atoms with Gasteiger partial charge < -0.3 is 5.32 Å². The van der Waals surface area contributed by atoms with Crippen LogP contribution >= 0.6 is 0 Å². The fourth-order valence-corrected chi connectivity index (χ4v) is 2.45. The number of halogens is 1. The Hall–Kier alpha value is -3.52. The fraction of sp³-hybridized carbons (Fsp3) is 0.0556. The maximum atomic E-state index is 13.3. The van der Waals surface area contributed by atoms with Crippen LogP contribution in [0.3, 0.4) is 0 Å². The first-order valence-corrected chi connectivity index (χ1v) is 7.69. The minimum Gasteiger partial charge on any atom is -0.336 e. The van der Waals surface area contributed by atoms with E-state index >= 15 is 0 Å². The highest BCUT2D eigenvalue weighted by atomic mass is 19.1. The zero-order chi connectivity index (χ0) is 18.5. The number of rotatable bonds is 5. The van der Waals surface area contributed by atoms with Gasteiger partial charge in [0.15, 0.2) is 0 Å². The van der Waals surface area contributed by atoms with Crippen LogP contribution in [0.4, 0.5) is 4.39 Å². The van der Waals surface area contributed by atoms with Crippen LogP contribution in [0, 0.1) is 5.82 Å². The predicted octanol–water partition coefficient (Wildman–Crippen LogP) is 1.99. The highest BCUT2D eigenvalue weighted by Gasteiger charge is 2.23.